The van der Waals surface area contributed by atoms with E-state index in [-0.39, 0.29) is 12.3 Å². The minimum Gasteiger partial charge on any atom is -0.472 e. The van der Waals surface area contributed by atoms with Crippen LogP contribution in [-0.4, -0.2) is 23.9 Å². The van der Waals surface area contributed by atoms with Crippen molar-refractivity contribution in [3.63, 3.8) is 0 Å². The molecule has 2 rings (SSSR count). The van der Waals surface area contributed by atoms with E-state index in [1.165, 1.54) is 25.5 Å². The fourth-order valence-corrected chi connectivity index (χ4v) is 2.06. The molecule has 0 aliphatic rings. The van der Waals surface area contributed by atoms with Gasteiger partial charge in [0.25, 0.3) is 0 Å². The Morgan fingerprint density at radius 1 is 1.25 bits per heavy atom. The number of nitrogens with one attached hydrogen (secondary N) is 2. The summed E-state index contributed by atoms with van der Waals surface area (Å²) in [5.41, 5.74) is -2.46. The van der Waals surface area contributed by atoms with Crippen LogP contribution in [0.1, 0.15) is 23.5 Å². The van der Waals surface area contributed by atoms with E-state index < -0.39 is 36.5 Å². The lowest BCUT2D eigenvalue weighted by Crippen LogP contribution is -2.45. The highest BCUT2D eigenvalue weighted by Gasteiger charge is 2.56. The van der Waals surface area contributed by atoms with Crippen LogP contribution in [0, 0.1) is 6.92 Å². The zero-order chi connectivity index (χ0) is 17.8. The highest BCUT2D eigenvalue weighted by molar-refractivity contribution is 5.73. The van der Waals surface area contributed by atoms with Crippen molar-refractivity contribution in [3.05, 3.63) is 47.8 Å². The number of carbonyl (C=O) groups is 1. The van der Waals surface area contributed by atoms with Gasteiger partial charge in [-0.3, -0.25) is 0 Å². The molecule has 2 aromatic rings. The number of aryl methyl sites for hydroxylation is 1. The van der Waals surface area contributed by atoms with Gasteiger partial charge in [0.1, 0.15) is 11.5 Å². The minimum absolute atomic E-state index is 0.170. The van der Waals surface area contributed by atoms with Gasteiger partial charge in [-0.15, -0.1) is 0 Å². The third kappa shape index (κ3) is 4.10. The van der Waals surface area contributed by atoms with Gasteiger partial charge in [0, 0.05) is 25.1 Å². The molecule has 0 saturated heterocycles. The highest BCUT2D eigenvalue weighted by Crippen LogP contribution is 2.41. The maximum absolute atomic E-state index is 13.2. The third-order valence-corrected chi connectivity index (χ3v) is 3.42. The largest absolute Gasteiger partial charge is 0.472 e. The van der Waals surface area contributed by atoms with Gasteiger partial charge in [0.05, 0.1) is 12.5 Å². The first-order valence-corrected chi connectivity index (χ1v) is 7.11. The van der Waals surface area contributed by atoms with Crippen molar-refractivity contribution in [2.45, 2.75) is 31.7 Å². The number of halogens is 3. The quantitative estimate of drug-likeness (QED) is 0.751. The van der Waals surface area contributed by atoms with E-state index in [1.807, 2.05) is 0 Å². The Morgan fingerprint density at radius 3 is 2.54 bits per heavy atom. The molecule has 9 heteroatoms. The number of alkyl halides is 3. The highest BCUT2D eigenvalue weighted by atomic mass is 19.4. The normalized spacial score (nSPS) is 14.2. The summed E-state index contributed by atoms with van der Waals surface area (Å²) in [6, 6.07) is 3.39. The monoisotopic (exact) mass is 346 g/mol. The van der Waals surface area contributed by atoms with Gasteiger partial charge in [-0.2, -0.15) is 13.2 Å². The molecule has 0 aromatic carbocycles. The van der Waals surface area contributed by atoms with Gasteiger partial charge in [-0.05, 0) is 25.1 Å². The van der Waals surface area contributed by atoms with Gasteiger partial charge >= 0.3 is 12.2 Å². The molecule has 132 valence electrons. The Morgan fingerprint density at radius 2 is 2.00 bits per heavy atom. The molecule has 0 aliphatic heterocycles. The predicted molar refractivity (Wildman–Crippen MR) is 77.0 cm³/mol. The third-order valence-electron chi connectivity index (χ3n) is 3.42. The zero-order valence-electron chi connectivity index (χ0n) is 12.8. The molecule has 0 bridgehead atoms. The number of furan rings is 2. The van der Waals surface area contributed by atoms with E-state index >= 15 is 0 Å². The Hall–Kier alpha value is -2.42. The molecular formula is C15H17F3N2O4. The molecule has 2 amide bonds. The van der Waals surface area contributed by atoms with Crippen LogP contribution in [0.5, 0.6) is 0 Å². The van der Waals surface area contributed by atoms with Crippen LogP contribution in [0.15, 0.2) is 39.6 Å². The minimum atomic E-state index is -4.94. The Balaban J connectivity index is 1.90. The lowest BCUT2D eigenvalue weighted by atomic mass is 9.96. The van der Waals surface area contributed by atoms with Gasteiger partial charge in [0.15, 0.2) is 0 Å². The molecule has 0 unspecified atom stereocenters. The van der Waals surface area contributed by atoms with E-state index in [0.717, 1.165) is 6.07 Å². The molecule has 0 saturated carbocycles. The van der Waals surface area contributed by atoms with Crippen LogP contribution in [0.4, 0.5) is 18.0 Å². The van der Waals surface area contributed by atoms with Crippen molar-refractivity contribution < 1.29 is 31.9 Å². The van der Waals surface area contributed by atoms with Crippen LogP contribution < -0.4 is 10.6 Å². The first-order chi connectivity index (χ1) is 11.2. The lowest BCUT2D eigenvalue weighted by molar-refractivity contribution is -0.274. The summed E-state index contributed by atoms with van der Waals surface area (Å²) in [5.74, 6) is -0.355. The molecule has 2 heterocycles. The second-order valence-corrected chi connectivity index (χ2v) is 5.26. The summed E-state index contributed by atoms with van der Waals surface area (Å²) in [7, 11) is 0. The zero-order valence-corrected chi connectivity index (χ0v) is 12.8. The number of aliphatic hydroxyl groups is 1. The molecular weight excluding hydrogens is 329 g/mol. The van der Waals surface area contributed by atoms with E-state index in [1.54, 1.807) is 6.07 Å². The van der Waals surface area contributed by atoms with Gasteiger partial charge < -0.3 is 24.6 Å². The first kappa shape index (κ1) is 17.9. The van der Waals surface area contributed by atoms with Crippen molar-refractivity contribution in [3.8, 4) is 0 Å². The summed E-state index contributed by atoms with van der Waals surface area (Å²) in [6.07, 6.45) is -2.85. The molecule has 6 nitrogen and oxygen atoms in total. The summed E-state index contributed by atoms with van der Waals surface area (Å²) >= 11 is 0. The molecule has 0 fully saturated rings. The molecule has 0 radical (unpaired) electrons. The lowest BCUT2D eigenvalue weighted by Gasteiger charge is -2.28. The topological polar surface area (TPSA) is 87.6 Å². The van der Waals surface area contributed by atoms with Crippen LogP contribution >= 0.6 is 0 Å². The number of hydrogen-bond donors (Lipinski definition) is 3. The first-order valence-electron chi connectivity index (χ1n) is 7.11. The second-order valence-electron chi connectivity index (χ2n) is 5.26. The summed E-state index contributed by atoms with van der Waals surface area (Å²) < 4.78 is 49.4. The molecule has 0 spiro atoms. The molecule has 1 atom stereocenters. The number of rotatable bonds is 6. The Bertz CT molecular complexity index is 667. The van der Waals surface area contributed by atoms with Crippen LogP contribution in [0.3, 0.4) is 0 Å². The predicted octanol–water partition coefficient (Wildman–Crippen LogP) is 2.82. The number of urea groups is 1. The number of hydrogen-bond acceptors (Lipinski definition) is 4. The van der Waals surface area contributed by atoms with Crippen LogP contribution in [0.2, 0.25) is 0 Å². The molecule has 24 heavy (non-hydrogen) atoms. The Kier molecular flexibility index (Phi) is 5.23. The van der Waals surface area contributed by atoms with Crippen molar-refractivity contribution in [1.29, 1.82) is 0 Å². The van der Waals surface area contributed by atoms with Gasteiger partial charge in [-0.25, -0.2) is 4.79 Å². The molecule has 0 aliphatic carbocycles. The van der Waals surface area contributed by atoms with Gasteiger partial charge in [0.2, 0.25) is 5.60 Å². The van der Waals surface area contributed by atoms with Crippen molar-refractivity contribution in [2.75, 3.05) is 6.54 Å². The van der Waals surface area contributed by atoms with E-state index in [0.29, 0.717) is 5.56 Å². The van der Waals surface area contributed by atoms with Crippen molar-refractivity contribution in [1.82, 2.24) is 10.6 Å². The van der Waals surface area contributed by atoms with Gasteiger partial charge in [-0.1, -0.05) is 0 Å². The van der Waals surface area contributed by atoms with Crippen molar-refractivity contribution >= 4 is 6.03 Å². The fraction of sp³-hybridized carbons (Fsp3) is 0.400. The average molecular weight is 346 g/mol. The fourth-order valence-electron chi connectivity index (χ4n) is 2.06. The molecule has 2 aromatic heterocycles. The summed E-state index contributed by atoms with van der Waals surface area (Å²) in [6.45, 7) is 1.25. The standard InChI is InChI=1S/C15H17F3N2O4/c1-10-2-3-12(24-10)14(22,15(16,17)18)5-6-19-13(21)20-8-11-4-7-23-9-11/h2-4,7,9,22H,5-6,8H2,1H3,(H2,19,20,21)/t14-/m1/s1. The summed E-state index contributed by atoms with van der Waals surface area (Å²) in [5, 5.41) is 14.7. The maximum Gasteiger partial charge on any atom is 0.424 e. The smallest absolute Gasteiger partial charge is 0.424 e. The summed E-state index contributed by atoms with van der Waals surface area (Å²) in [4.78, 5) is 11.6. The van der Waals surface area contributed by atoms with E-state index in [2.05, 4.69) is 10.6 Å². The van der Waals surface area contributed by atoms with Crippen LogP contribution in [0.25, 0.3) is 0 Å². The molecule has 3 N–H and O–H groups in total. The van der Waals surface area contributed by atoms with Crippen molar-refractivity contribution in [2.24, 2.45) is 0 Å². The van der Waals surface area contributed by atoms with E-state index in [4.69, 9.17) is 8.83 Å². The van der Waals surface area contributed by atoms with Crippen LogP contribution in [-0.2, 0) is 12.1 Å². The van der Waals surface area contributed by atoms with E-state index in [9.17, 15) is 23.1 Å². The SMILES string of the molecule is Cc1ccc([C@](O)(CCNC(=O)NCc2ccoc2)C(F)(F)F)o1. The second kappa shape index (κ2) is 7.00. The number of carbonyl (C=O) groups excluding carboxylic acids is 1. The average Bonchev–Trinajstić information content (AvgIpc) is 3.15. The number of amides is 2. The maximum atomic E-state index is 13.2. The Labute approximate surface area is 135 Å².